The van der Waals surface area contributed by atoms with E-state index in [0.717, 1.165) is 22.3 Å². The molecule has 2 aromatic heterocycles. The van der Waals surface area contributed by atoms with Gasteiger partial charge in [0.2, 0.25) is 0 Å². The van der Waals surface area contributed by atoms with E-state index in [4.69, 9.17) is 16.3 Å². The molecule has 4 aromatic rings. The molecule has 0 N–H and O–H groups in total. The van der Waals surface area contributed by atoms with Crippen LogP contribution in [0.2, 0.25) is 5.02 Å². The Morgan fingerprint density at radius 3 is 2.37 bits per heavy atom. The van der Waals surface area contributed by atoms with E-state index in [-0.39, 0.29) is 29.5 Å². The van der Waals surface area contributed by atoms with Crippen molar-refractivity contribution in [1.82, 2.24) is 18.7 Å². The molecule has 184 valence electrons. The van der Waals surface area contributed by atoms with Crippen molar-refractivity contribution in [3.05, 3.63) is 80.0 Å². The van der Waals surface area contributed by atoms with Gasteiger partial charge in [0.1, 0.15) is 11.5 Å². The topological polar surface area (TPSA) is 80.3 Å². The quantitative estimate of drug-likeness (QED) is 0.361. The van der Waals surface area contributed by atoms with Crippen LogP contribution in [-0.2, 0) is 20.1 Å². The monoisotopic (exact) mass is 508 g/mol. The molecule has 0 bridgehead atoms. The Hall–Kier alpha value is -3.73. The standard InChI is InChI=1S/C23H20ClF3N4O4/c1-3-11-30-19-18(20(32)29(2)22(30)33)31(13-14-7-9-15(24)10-8-14)21(28-19)34-16-5-4-6-17(12-16)35-23(25,26)27/h4-10,12H,3,11,13H2,1-2H3. The van der Waals surface area contributed by atoms with Crippen molar-refractivity contribution in [2.24, 2.45) is 7.05 Å². The lowest BCUT2D eigenvalue weighted by molar-refractivity contribution is -0.274. The molecule has 35 heavy (non-hydrogen) atoms. The number of aryl methyl sites for hydroxylation is 1. The lowest BCUT2D eigenvalue weighted by atomic mass is 10.2. The van der Waals surface area contributed by atoms with Gasteiger partial charge in [-0.05, 0) is 36.2 Å². The van der Waals surface area contributed by atoms with Gasteiger partial charge in [-0.15, -0.1) is 13.2 Å². The molecule has 0 amide bonds. The summed E-state index contributed by atoms with van der Waals surface area (Å²) in [6, 6.07) is 11.7. The Morgan fingerprint density at radius 1 is 1.03 bits per heavy atom. The highest BCUT2D eigenvalue weighted by atomic mass is 35.5. The van der Waals surface area contributed by atoms with E-state index >= 15 is 0 Å². The number of nitrogens with zero attached hydrogens (tertiary/aromatic N) is 4. The van der Waals surface area contributed by atoms with Crippen LogP contribution in [0.15, 0.2) is 58.1 Å². The summed E-state index contributed by atoms with van der Waals surface area (Å²) in [6.45, 7) is 2.30. The molecule has 12 heteroatoms. The third kappa shape index (κ3) is 5.19. The minimum absolute atomic E-state index is 0.000578. The minimum atomic E-state index is -4.87. The first-order valence-corrected chi connectivity index (χ1v) is 10.9. The summed E-state index contributed by atoms with van der Waals surface area (Å²) in [5.74, 6) is -0.477. The number of halogens is 4. The van der Waals surface area contributed by atoms with Crippen molar-refractivity contribution >= 4 is 22.8 Å². The second-order valence-corrected chi connectivity index (χ2v) is 8.14. The van der Waals surface area contributed by atoms with E-state index in [9.17, 15) is 22.8 Å². The molecule has 0 fully saturated rings. The van der Waals surface area contributed by atoms with Gasteiger partial charge < -0.3 is 9.47 Å². The van der Waals surface area contributed by atoms with Gasteiger partial charge in [0.05, 0.1) is 6.54 Å². The number of fused-ring (bicyclic) bond motifs is 1. The SMILES string of the molecule is CCCn1c(=O)n(C)c(=O)c2c1nc(Oc1cccc(OC(F)(F)F)c1)n2Cc1ccc(Cl)cc1. The maximum atomic E-state index is 13.1. The number of imidazole rings is 1. The predicted molar refractivity (Wildman–Crippen MR) is 123 cm³/mol. The van der Waals surface area contributed by atoms with Crippen LogP contribution in [0.1, 0.15) is 18.9 Å². The van der Waals surface area contributed by atoms with Gasteiger partial charge >= 0.3 is 18.1 Å². The molecule has 0 unspecified atom stereocenters. The summed E-state index contributed by atoms with van der Waals surface area (Å²) in [4.78, 5) is 30.3. The summed E-state index contributed by atoms with van der Waals surface area (Å²) < 4.78 is 51.6. The molecule has 2 heterocycles. The minimum Gasteiger partial charge on any atom is -0.425 e. The first-order chi connectivity index (χ1) is 16.6. The zero-order chi connectivity index (χ0) is 25.3. The molecule has 0 saturated carbocycles. The van der Waals surface area contributed by atoms with Crippen LogP contribution in [0.25, 0.3) is 11.2 Å². The highest BCUT2D eigenvalue weighted by Gasteiger charge is 2.31. The Balaban J connectivity index is 1.89. The van der Waals surface area contributed by atoms with Gasteiger partial charge in [-0.2, -0.15) is 4.98 Å². The van der Waals surface area contributed by atoms with E-state index < -0.39 is 23.4 Å². The number of aromatic nitrogens is 4. The number of rotatable bonds is 7. The lowest BCUT2D eigenvalue weighted by Crippen LogP contribution is -2.38. The first kappa shape index (κ1) is 24.4. The lowest BCUT2D eigenvalue weighted by Gasteiger charge is -2.12. The van der Waals surface area contributed by atoms with E-state index in [2.05, 4.69) is 9.72 Å². The molecule has 8 nitrogen and oxygen atoms in total. The van der Waals surface area contributed by atoms with Gasteiger partial charge in [0.15, 0.2) is 11.2 Å². The Kier molecular flexibility index (Phi) is 6.62. The summed E-state index contributed by atoms with van der Waals surface area (Å²) in [5, 5.41) is 0.523. The molecule has 4 rings (SSSR count). The highest BCUT2D eigenvalue weighted by molar-refractivity contribution is 6.30. The average molecular weight is 509 g/mol. The fraction of sp³-hybridized carbons (Fsp3) is 0.261. The van der Waals surface area contributed by atoms with Gasteiger partial charge in [0, 0.05) is 24.7 Å². The third-order valence-electron chi connectivity index (χ3n) is 5.14. The maximum Gasteiger partial charge on any atom is 0.573 e. The van der Waals surface area contributed by atoms with Crippen molar-refractivity contribution in [1.29, 1.82) is 0 Å². The van der Waals surface area contributed by atoms with Crippen LogP contribution in [0, 0.1) is 0 Å². The summed E-state index contributed by atoms with van der Waals surface area (Å²) in [7, 11) is 1.37. The molecule has 0 saturated heterocycles. The Morgan fingerprint density at radius 2 is 1.71 bits per heavy atom. The van der Waals surface area contributed by atoms with Gasteiger partial charge in [0.25, 0.3) is 5.56 Å². The largest absolute Gasteiger partial charge is 0.573 e. The van der Waals surface area contributed by atoms with Gasteiger partial charge in [-0.1, -0.05) is 36.7 Å². The maximum absolute atomic E-state index is 13.1. The van der Waals surface area contributed by atoms with Crippen LogP contribution in [0.4, 0.5) is 13.2 Å². The zero-order valence-corrected chi connectivity index (χ0v) is 19.4. The number of ether oxygens (including phenoxy) is 2. The molecular weight excluding hydrogens is 489 g/mol. The van der Waals surface area contributed by atoms with E-state index in [1.807, 2.05) is 6.92 Å². The van der Waals surface area contributed by atoms with Crippen molar-refractivity contribution < 1.29 is 22.6 Å². The number of hydrogen-bond donors (Lipinski definition) is 0. The zero-order valence-electron chi connectivity index (χ0n) is 18.7. The van der Waals surface area contributed by atoms with E-state index in [0.29, 0.717) is 18.0 Å². The van der Waals surface area contributed by atoms with Crippen LogP contribution in [0.5, 0.6) is 17.5 Å². The molecule has 0 aliphatic carbocycles. The van der Waals surface area contributed by atoms with Gasteiger partial charge in [-0.3, -0.25) is 18.5 Å². The second-order valence-electron chi connectivity index (χ2n) is 7.70. The Bertz CT molecular complexity index is 1490. The molecule has 0 spiro atoms. The molecule has 0 aliphatic heterocycles. The van der Waals surface area contributed by atoms with E-state index in [1.165, 1.54) is 28.3 Å². The highest BCUT2D eigenvalue weighted by Crippen LogP contribution is 2.30. The van der Waals surface area contributed by atoms with Crippen LogP contribution >= 0.6 is 11.6 Å². The number of benzene rings is 2. The van der Waals surface area contributed by atoms with Gasteiger partial charge in [-0.25, -0.2) is 4.79 Å². The molecule has 0 atom stereocenters. The normalized spacial score (nSPS) is 11.7. The van der Waals surface area contributed by atoms with Crippen LogP contribution in [0.3, 0.4) is 0 Å². The fourth-order valence-corrected chi connectivity index (χ4v) is 3.73. The Labute approximate surface area is 201 Å². The molecular formula is C23H20ClF3N4O4. The van der Waals surface area contributed by atoms with Crippen molar-refractivity contribution in [2.75, 3.05) is 0 Å². The fourth-order valence-electron chi connectivity index (χ4n) is 3.60. The van der Waals surface area contributed by atoms with Crippen LogP contribution in [-0.4, -0.2) is 25.0 Å². The van der Waals surface area contributed by atoms with Crippen molar-refractivity contribution in [3.63, 3.8) is 0 Å². The average Bonchev–Trinajstić information content (AvgIpc) is 3.13. The van der Waals surface area contributed by atoms with Crippen molar-refractivity contribution in [3.8, 4) is 17.5 Å². The molecule has 0 aliphatic rings. The smallest absolute Gasteiger partial charge is 0.425 e. The summed E-state index contributed by atoms with van der Waals surface area (Å²) in [6.07, 6.45) is -4.27. The van der Waals surface area contributed by atoms with E-state index in [1.54, 1.807) is 24.3 Å². The summed E-state index contributed by atoms with van der Waals surface area (Å²) in [5.41, 5.74) is -0.127. The molecule has 0 radical (unpaired) electrons. The first-order valence-electron chi connectivity index (χ1n) is 10.6. The molecule has 2 aromatic carbocycles. The number of alkyl halides is 3. The second kappa shape index (κ2) is 9.49. The third-order valence-corrected chi connectivity index (χ3v) is 5.40. The van der Waals surface area contributed by atoms with Crippen molar-refractivity contribution in [2.45, 2.75) is 32.8 Å². The van der Waals surface area contributed by atoms with Crippen LogP contribution < -0.4 is 20.7 Å². The predicted octanol–water partition coefficient (Wildman–Crippen LogP) is 4.70. The summed E-state index contributed by atoms with van der Waals surface area (Å²) >= 11 is 5.98. The number of hydrogen-bond acceptors (Lipinski definition) is 5.